The maximum atomic E-state index is 13.0. The maximum absolute atomic E-state index is 13.0. The Morgan fingerprint density at radius 2 is 1.89 bits per heavy atom. The van der Waals surface area contributed by atoms with Gasteiger partial charge in [0.2, 0.25) is 0 Å². The summed E-state index contributed by atoms with van der Waals surface area (Å²) in [4.78, 5) is 30.6. The first kappa shape index (κ1) is 17.2. The molecule has 0 atom stereocenters. The number of hydrogen-bond acceptors (Lipinski definition) is 6. The fraction of sp³-hybridized carbons (Fsp3) is 0.429. The number of fused-ring (bicyclic) bond motifs is 1. The van der Waals surface area contributed by atoms with Gasteiger partial charge >= 0.3 is 0 Å². The lowest BCUT2D eigenvalue weighted by Crippen LogP contribution is -2.49. The normalized spacial score (nSPS) is 17.4. The molecule has 1 aliphatic heterocycles. The number of aromatic nitrogens is 3. The average molecular weight is 377 g/mol. The van der Waals surface area contributed by atoms with Crippen LogP contribution in [0.3, 0.4) is 0 Å². The van der Waals surface area contributed by atoms with Gasteiger partial charge in [0.15, 0.2) is 11.5 Å². The van der Waals surface area contributed by atoms with Gasteiger partial charge in [-0.25, -0.2) is 9.97 Å². The van der Waals surface area contributed by atoms with Crippen molar-refractivity contribution in [2.45, 2.75) is 32.6 Å². The number of oxazole rings is 1. The molecule has 7 nitrogen and oxygen atoms in total. The average Bonchev–Trinajstić information content (AvgIpc) is 3.48. The molecule has 144 valence electrons. The van der Waals surface area contributed by atoms with Gasteiger partial charge in [0, 0.05) is 43.9 Å². The molecule has 7 heteroatoms. The van der Waals surface area contributed by atoms with Gasteiger partial charge in [-0.1, -0.05) is 0 Å². The molecule has 1 aliphatic carbocycles. The lowest BCUT2D eigenvalue weighted by molar-refractivity contribution is 0.0746. The largest absolute Gasteiger partial charge is 0.440 e. The highest BCUT2D eigenvalue weighted by Gasteiger charge is 2.29. The third-order valence-corrected chi connectivity index (χ3v) is 5.50. The molecule has 3 heterocycles. The molecule has 28 heavy (non-hydrogen) atoms. The maximum Gasteiger partial charge on any atom is 0.254 e. The van der Waals surface area contributed by atoms with Crippen LogP contribution < -0.4 is 4.90 Å². The first-order valence-corrected chi connectivity index (χ1v) is 9.83. The molecular weight excluding hydrogens is 354 g/mol. The van der Waals surface area contributed by atoms with Crippen molar-refractivity contribution in [1.29, 1.82) is 0 Å². The van der Waals surface area contributed by atoms with Crippen molar-refractivity contribution in [3.05, 3.63) is 47.2 Å². The Kier molecular flexibility index (Phi) is 4.03. The molecule has 0 radical (unpaired) electrons. The van der Waals surface area contributed by atoms with Gasteiger partial charge in [0.25, 0.3) is 5.91 Å². The van der Waals surface area contributed by atoms with Crippen molar-refractivity contribution in [3.63, 3.8) is 0 Å². The van der Waals surface area contributed by atoms with E-state index in [1.54, 1.807) is 6.20 Å². The summed E-state index contributed by atoms with van der Waals surface area (Å²) >= 11 is 0. The van der Waals surface area contributed by atoms with E-state index in [2.05, 4.69) is 19.9 Å². The summed E-state index contributed by atoms with van der Waals surface area (Å²) in [7, 11) is 0. The summed E-state index contributed by atoms with van der Waals surface area (Å²) in [6, 6.07) is 5.57. The van der Waals surface area contributed by atoms with Gasteiger partial charge in [-0.15, -0.1) is 0 Å². The quantitative estimate of drug-likeness (QED) is 0.698. The van der Waals surface area contributed by atoms with E-state index in [1.807, 2.05) is 36.9 Å². The molecule has 0 spiro atoms. The van der Waals surface area contributed by atoms with E-state index in [0.717, 1.165) is 54.5 Å². The van der Waals surface area contributed by atoms with Gasteiger partial charge in [-0.3, -0.25) is 9.78 Å². The van der Waals surface area contributed by atoms with E-state index in [4.69, 9.17) is 4.42 Å². The van der Waals surface area contributed by atoms with Crippen LogP contribution in [0.15, 0.2) is 28.8 Å². The number of aryl methyl sites for hydroxylation is 2. The summed E-state index contributed by atoms with van der Waals surface area (Å²) in [6.07, 6.45) is 4.08. The lowest BCUT2D eigenvalue weighted by atomic mass is 10.1. The van der Waals surface area contributed by atoms with E-state index in [9.17, 15) is 4.79 Å². The first-order valence-electron chi connectivity index (χ1n) is 9.83. The van der Waals surface area contributed by atoms with E-state index in [-0.39, 0.29) is 5.91 Å². The van der Waals surface area contributed by atoms with Crippen LogP contribution in [0, 0.1) is 13.8 Å². The number of rotatable bonds is 3. The van der Waals surface area contributed by atoms with Crippen molar-refractivity contribution in [3.8, 4) is 0 Å². The summed E-state index contributed by atoms with van der Waals surface area (Å²) in [5.41, 5.74) is 4.03. The van der Waals surface area contributed by atoms with Gasteiger partial charge in [0.05, 0.1) is 11.4 Å². The van der Waals surface area contributed by atoms with Crippen molar-refractivity contribution < 1.29 is 9.21 Å². The number of carbonyl (C=O) groups is 1. The smallest absolute Gasteiger partial charge is 0.254 e. The minimum absolute atomic E-state index is 0.0398. The van der Waals surface area contributed by atoms with E-state index in [0.29, 0.717) is 30.2 Å². The van der Waals surface area contributed by atoms with Gasteiger partial charge in [-0.2, -0.15) is 0 Å². The highest BCUT2D eigenvalue weighted by molar-refractivity contribution is 5.97. The Labute approximate surface area is 163 Å². The number of carbonyl (C=O) groups excluding carboxylic acids is 1. The van der Waals surface area contributed by atoms with Crippen molar-refractivity contribution in [2.24, 2.45) is 0 Å². The second-order valence-electron chi connectivity index (χ2n) is 7.71. The number of hydrogen-bond donors (Lipinski definition) is 0. The molecule has 1 amide bonds. The Hall–Kier alpha value is -2.96. The molecule has 5 rings (SSSR count). The summed E-state index contributed by atoms with van der Waals surface area (Å²) in [6.45, 7) is 6.75. The Bertz CT molecular complexity index is 1050. The fourth-order valence-corrected chi connectivity index (χ4v) is 3.71. The molecule has 2 fully saturated rings. The number of amides is 1. The zero-order chi connectivity index (χ0) is 19.3. The van der Waals surface area contributed by atoms with Crippen LogP contribution in [0.4, 0.5) is 5.82 Å². The molecule has 1 saturated heterocycles. The predicted octanol–water partition coefficient (Wildman–Crippen LogP) is 3.07. The lowest BCUT2D eigenvalue weighted by Gasteiger charge is -2.36. The standard InChI is InChI=1S/C21H23N5O2/c1-13-12-22-14(2)19(23-13)25-7-9-26(10-8-25)21(27)16-5-6-17-18(11-16)28-20(24-17)15-3-4-15/h5-6,11-12,15H,3-4,7-10H2,1-2H3. The van der Waals surface area contributed by atoms with Crippen molar-refractivity contribution >= 4 is 22.8 Å². The minimum Gasteiger partial charge on any atom is -0.440 e. The molecule has 0 bridgehead atoms. The third-order valence-electron chi connectivity index (χ3n) is 5.50. The first-order chi connectivity index (χ1) is 13.6. The molecule has 1 aromatic carbocycles. The van der Waals surface area contributed by atoms with Crippen LogP contribution in [-0.2, 0) is 0 Å². The Morgan fingerprint density at radius 1 is 1.11 bits per heavy atom. The number of anilines is 1. The van der Waals surface area contributed by atoms with E-state index >= 15 is 0 Å². The van der Waals surface area contributed by atoms with Crippen LogP contribution in [0.25, 0.3) is 11.1 Å². The number of piperazine rings is 1. The van der Waals surface area contributed by atoms with Crippen LogP contribution in [0.2, 0.25) is 0 Å². The Balaban J connectivity index is 1.30. The van der Waals surface area contributed by atoms with Gasteiger partial charge in [-0.05, 0) is 44.9 Å². The predicted molar refractivity (Wildman–Crippen MR) is 106 cm³/mol. The topological polar surface area (TPSA) is 75.4 Å². The van der Waals surface area contributed by atoms with Gasteiger partial charge in [0.1, 0.15) is 11.3 Å². The monoisotopic (exact) mass is 377 g/mol. The zero-order valence-electron chi connectivity index (χ0n) is 16.2. The Morgan fingerprint density at radius 3 is 2.64 bits per heavy atom. The highest BCUT2D eigenvalue weighted by Crippen LogP contribution is 2.40. The van der Waals surface area contributed by atoms with Crippen molar-refractivity contribution in [2.75, 3.05) is 31.1 Å². The van der Waals surface area contributed by atoms with E-state index < -0.39 is 0 Å². The number of benzene rings is 1. The molecule has 0 N–H and O–H groups in total. The molecule has 0 unspecified atom stereocenters. The zero-order valence-corrected chi connectivity index (χ0v) is 16.2. The van der Waals surface area contributed by atoms with Crippen molar-refractivity contribution in [1.82, 2.24) is 19.9 Å². The van der Waals surface area contributed by atoms with Crippen LogP contribution >= 0.6 is 0 Å². The van der Waals surface area contributed by atoms with Gasteiger partial charge < -0.3 is 14.2 Å². The van der Waals surface area contributed by atoms with E-state index in [1.165, 1.54) is 0 Å². The van der Waals surface area contributed by atoms with Crippen LogP contribution in [-0.4, -0.2) is 51.9 Å². The third kappa shape index (κ3) is 3.10. The second-order valence-corrected chi connectivity index (χ2v) is 7.71. The summed E-state index contributed by atoms with van der Waals surface area (Å²) in [5, 5.41) is 0. The van der Waals surface area contributed by atoms with Crippen LogP contribution in [0.5, 0.6) is 0 Å². The molecular formula is C21H23N5O2. The van der Waals surface area contributed by atoms with Crippen LogP contribution in [0.1, 0.15) is 46.4 Å². The molecule has 1 saturated carbocycles. The molecule has 2 aromatic heterocycles. The SMILES string of the molecule is Cc1cnc(C)c(N2CCN(C(=O)c3ccc4nc(C5CC5)oc4c3)CC2)n1. The molecule has 2 aliphatic rings. The minimum atomic E-state index is 0.0398. The highest BCUT2D eigenvalue weighted by atomic mass is 16.3. The fourth-order valence-electron chi connectivity index (χ4n) is 3.71. The second kappa shape index (κ2) is 6.58. The summed E-state index contributed by atoms with van der Waals surface area (Å²) in [5.74, 6) is 2.23. The number of nitrogens with zero attached hydrogens (tertiary/aromatic N) is 5. The summed E-state index contributed by atoms with van der Waals surface area (Å²) < 4.78 is 5.86. The molecule has 3 aromatic rings.